The maximum absolute atomic E-state index is 11.0. The molecule has 2 rings (SSSR count). The highest BCUT2D eigenvalue weighted by atomic mass is 31.2. The predicted molar refractivity (Wildman–Crippen MR) is 85.6 cm³/mol. The Hall–Kier alpha value is -1.41. The third-order valence-electron chi connectivity index (χ3n) is 3.71. The Balaban J connectivity index is 2.24. The minimum Gasteiger partial charge on any atom is -0.324 e. The quantitative estimate of drug-likeness (QED) is 0.790. The number of hydrogen-bond acceptors (Lipinski definition) is 1. The minimum absolute atomic E-state index is 0.0534. The standard InChI is InChI=1S/C17H21O3P/c1-14-8-5-6-11-16(14)17(12-7-13-21(18,19)20)15-9-3-2-4-10-15/h2-6,8-11,17H,7,12-13H2,1H3,(H2,18,19,20). The zero-order chi connectivity index (χ0) is 15.3. The van der Waals surface area contributed by atoms with Gasteiger partial charge >= 0.3 is 7.60 Å². The van der Waals surface area contributed by atoms with Crippen molar-refractivity contribution in [2.75, 3.05) is 6.16 Å². The molecule has 4 heteroatoms. The summed E-state index contributed by atoms with van der Waals surface area (Å²) in [6.45, 7) is 2.08. The highest BCUT2D eigenvalue weighted by Crippen LogP contribution is 2.38. The predicted octanol–water partition coefficient (Wildman–Crippen LogP) is 4.08. The fourth-order valence-corrected chi connectivity index (χ4v) is 3.26. The second-order valence-electron chi connectivity index (χ2n) is 5.35. The van der Waals surface area contributed by atoms with E-state index in [2.05, 4.69) is 31.2 Å². The van der Waals surface area contributed by atoms with Crippen molar-refractivity contribution in [2.24, 2.45) is 0 Å². The van der Waals surface area contributed by atoms with Crippen LogP contribution in [-0.2, 0) is 4.57 Å². The molecule has 0 radical (unpaired) electrons. The van der Waals surface area contributed by atoms with Crippen LogP contribution in [0.25, 0.3) is 0 Å². The van der Waals surface area contributed by atoms with Crippen LogP contribution in [0.1, 0.15) is 35.4 Å². The van der Waals surface area contributed by atoms with E-state index in [9.17, 15) is 4.57 Å². The lowest BCUT2D eigenvalue weighted by molar-refractivity contribution is 0.370. The van der Waals surface area contributed by atoms with Crippen LogP contribution in [0.15, 0.2) is 54.6 Å². The van der Waals surface area contributed by atoms with Gasteiger partial charge in [0.1, 0.15) is 0 Å². The summed E-state index contributed by atoms with van der Waals surface area (Å²) in [5, 5.41) is 0. The van der Waals surface area contributed by atoms with Crippen molar-refractivity contribution in [3.8, 4) is 0 Å². The van der Waals surface area contributed by atoms with E-state index in [1.54, 1.807) is 0 Å². The van der Waals surface area contributed by atoms with E-state index in [0.717, 1.165) is 6.42 Å². The summed E-state index contributed by atoms with van der Waals surface area (Å²) >= 11 is 0. The van der Waals surface area contributed by atoms with Gasteiger partial charge in [-0.25, -0.2) is 0 Å². The van der Waals surface area contributed by atoms with Crippen LogP contribution in [0.2, 0.25) is 0 Å². The van der Waals surface area contributed by atoms with Crippen LogP contribution >= 0.6 is 7.60 Å². The van der Waals surface area contributed by atoms with Crippen molar-refractivity contribution >= 4 is 7.60 Å². The van der Waals surface area contributed by atoms with Gasteiger partial charge < -0.3 is 9.79 Å². The Kier molecular flexibility index (Phi) is 5.35. The molecule has 0 aliphatic carbocycles. The van der Waals surface area contributed by atoms with Crippen molar-refractivity contribution in [3.63, 3.8) is 0 Å². The van der Waals surface area contributed by atoms with Gasteiger partial charge in [0, 0.05) is 12.1 Å². The first-order valence-corrected chi connectivity index (χ1v) is 8.92. The van der Waals surface area contributed by atoms with Gasteiger partial charge in [0.2, 0.25) is 0 Å². The van der Waals surface area contributed by atoms with Crippen LogP contribution < -0.4 is 0 Å². The highest BCUT2D eigenvalue weighted by molar-refractivity contribution is 7.51. The maximum Gasteiger partial charge on any atom is 0.325 e. The molecule has 112 valence electrons. The summed E-state index contributed by atoms with van der Waals surface area (Å²) in [7, 11) is -3.92. The fraction of sp³-hybridized carbons (Fsp3) is 0.294. The fourth-order valence-electron chi connectivity index (χ4n) is 2.67. The third-order valence-corrected chi connectivity index (χ3v) is 4.61. The van der Waals surface area contributed by atoms with Gasteiger partial charge in [0.25, 0.3) is 0 Å². The van der Waals surface area contributed by atoms with Crippen molar-refractivity contribution in [1.29, 1.82) is 0 Å². The molecule has 1 atom stereocenters. The molecule has 0 saturated carbocycles. The first-order valence-electron chi connectivity index (χ1n) is 7.12. The Morgan fingerprint density at radius 1 is 1.00 bits per heavy atom. The summed E-state index contributed by atoms with van der Waals surface area (Å²) in [4.78, 5) is 18.1. The summed E-state index contributed by atoms with van der Waals surface area (Å²) in [5.74, 6) is 0.180. The molecule has 0 aliphatic heterocycles. The second-order valence-corrected chi connectivity index (χ2v) is 7.13. The van der Waals surface area contributed by atoms with E-state index >= 15 is 0 Å². The molecule has 0 aromatic heterocycles. The van der Waals surface area contributed by atoms with E-state index in [4.69, 9.17) is 9.79 Å². The molecule has 1 unspecified atom stereocenters. The van der Waals surface area contributed by atoms with Crippen LogP contribution in [-0.4, -0.2) is 15.9 Å². The second kappa shape index (κ2) is 7.04. The van der Waals surface area contributed by atoms with E-state index < -0.39 is 7.60 Å². The number of rotatable bonds is 6. The smallest absolute Gasteiger partial charge is 0.324 e. The third kappa shape index (κ3) is 4.82. The normalized spacial score (nSPS) is 13.1. The lowest BCUT2D eigenvalue weighted by Crippen LogP contribution is -2.04. The van der Waals surface area contributed by atoms with Gasteiger partial charge in [-0.2, -0.15) is 0 Å². The van der Waals surface area contributed by atoms with Crippen molar-refractivity contribution in [1.82, 2.24) is 0 Å². The lowest BCUT2D eigenvalue weighted by Gasteiger charge is -2.20. The van der Waals surface area contributed by atoms with Crippen LogP contribution in [0, 0.1) is 6.92 Å². The molecule has 0 fully saturated rings. The molecule has 0 saturated heterocycles. The SMILES string of the molecule is Cc1ccccc1C(CCCP(=O)(O)O)c1ccccc1. The van der Waals surface area contributed by atoms with Crippen LogP contribution in [0.4, 0.5) is 0 Å². The van der Waals surface area contributed by atoms with E-state index in [1.165, 1.54) is 16.7 Å². The Morgan fingerprint density at radius 3 is 2.24 bits per heavy atom. The Labute approximate surface area is 125 Å². The zero-order valence-electron chi connectivity index (χ0n) is 12.1. The lowest BCUT2D eigenvalue weighted by atomic mass is 9.85. The van der Waals surface area contributed by atoms with Gasteiger partial charge in [-0.15, -0.1) is 0 Å². The molecule has 0 spiro atoms. The monoisotopic (exact) mass is 304 g/mol. The van der Waals surface area contributed by atoms with Gasteiger partial charge in [-0.05, 0) is 36.5 Å². The molecule has 0 amide bonds. The van der Waals surface area contributed by atoms with Crippen LogP contribution in [0.5, 0.6) is 0 Å². The van der Waals surface area contributed by atoms with Gasteiger partial charge in [0.15, 0.2) is 0 Å². The Morgan fingerprint density at radius 2 is 1.62 bits per heavy atom. The summed E-state index contributed by atoms with van der Waals surface area (Å²) in [6.07, 6.45) is 1.19. The van der Waals surface area contributed by atoms with Gasteiger partial charge in [-0.3, -0.25) is 4.57 Å². The average molecular weight is 304 g/mol. The first kappa shape index (κ1) is 16.0. The summed E-state index contributed by atoms with van der Waals surface area (Å²) in [6, 6.07) is 18.3. The molecule has 0 heterocycles. The molecular formula is C17H21O3P. The number of aryl methyl sites for hydroxylation is 1. The summed E-state index contributed by atoms with van der Waals surface area (Å²) < 4.78 is 11.0. The largest absolute Gasteiger partial charge is 0.325 e. The molecule has 3 nitrogen and oxygen atoms in total. The molecule has 0 aliphatic rings. The van der Waals surface area contributed by atoms with Crippen molar-refractivity contribution < 1.29 is 14.4 Å². The molecule has 2 aromatic rings. The van der Waals surface area contributed by atoms with Crippen molar-refractivity contribution in [3.05, 3.63) is 71.3 Å². The molecule has 21 heavy (non-hydrogen) atoms. The highest BCUT2D eigenvalue weighted by Gasteiger charge is 2.18. The first-order chi connectivity index (χ1) is 9.97. The van der Waals surface area contributed by atoms with E-state index in [-0.39, 0.29) is 12.1 Å². The zero-order valence-corrected chi connectivity index (χ0v) is 13.0. The molecule has 2 N–H and O–H groups in total. The molecule has 2 aromatic carbocycles. The van der Waals surface area contributed by atoms with Crippen molar-refractivity contribution in [2.45, 2.75) is 25.7 Å². The summed E-state index contributed by atoms with van der Waals surface area (Å²) in [5.41, 5.74) is 3.63. The van der Waals surface area contributed by atoms with Gasteiger partial charge in [0.05, 0.1) is 0 Å². The number of hydrogen-bond donors (Lipinski definition) is 2. The molecule has 0 bridgehead atoms. The maximum atomic E-state index is 11.0. The topological polar surface area (TPSA) is 57.5 Å². The van der Waals surface area contributed by atoms with Crippen LogP contribution in [0.3, 0.4) is 0 Å². The minimum atomic E-state index is -3.92. The molecular weight excluding hydrogens is 283 g/mol. The van der Waals surface area contributed by atoms with E-state index in [1.807, 2.05) is 30.3 Å². The average Bonchev–Trinajstić information content (AvgIpc) is 2.45. The Bertz CT molecular complexity index is 619. The van der Waals surface area contributed by atoms with E-state index in [0.29, 0.717) is 6.42 Å². The number of benzene rings is 2. The van der Waals surface area contributed by atoms with Gasteiger partial charge in [-0.1, -0.05) is 54.6 Å².